The van der Waals surface area contributed by atoms with Crippen LogP contribution in [-0.4, -0.2) is 33.9 Å². The van der Waals surface area contributed by atoms with E-state index in [1.54, 1.807) is 12.1 Å². The zero-order valence-electron chi connectivity index (χ0n) is 16.6. The molecule has 1 amide bonds. The molecular formula is C22H19N3O5S. The van der Waals surface area contributed by atoms with Gasteiger partial charge in [-0.25, -0.2) is 17.9 Å². The van der Waals surface area contributed by atoms with Crippen LogP contribution in [-0.2, 0) is 14.8 Å². The molecule has 0 heterocycles. The predicted octanol–water partition coefficient (Wildman–Crippen LogP) is 3.07. The molecule has 0 aliphatic carbocycles. The normalized spacial score (nSPS) is 11.0. The summed E-state index contributed by atoms with van der Waals surface area (Å²) in [5.41, 5.74) is 0.695. The molecule has 3 aromatic carbocycles. The molecular weight excluding hydrogens is 418 g/mol. The van der Waals surface area contributed by atoms with E-state index in [9.17, 15) is 18.0 Å². The van der Waals surface area contributed by atoms with Crippen LogP contribution < -0.4 is 10.0 Å². The summed E-state index contributed by atoms with van der Waals surface area (Å²) in [6.45, 7) is -0.000655. The molecule has 0 aromatic heterocycles. The SMILES string of the molecule is COC(=O)c1cc2ccccc2cc1NC(=O)c1ccc(S(=O)(=O)NCCC#N)cc1. The maximum absolute atomic E-state index is 12.7. The molecule has 31 heavy (non-hydrogen) atoms. The number of carbonyl (C=O) groups is 2. The number of esters is 1. The van der Waals surface area contributed by atoms with Crippen molar-refractivity contribution in [3.63, 3.8) is 0 Å². The number of nitrogens with zero attached hydrogens (tertiary/aromatic N) is 1. The highest BCUT2D eigenvalue weighted by molar-refractivity contribution is 7.89. The molecule has 0 aliphatic heterocycles. The van der Waals surface area contributed by atoms with Gasteiger partial charge in [0.15, 0.2) is 0 Å². The average Bonchev–Trinajstić information content (AvgIpc) is 2.78. The molecule has 0 spiro atoms. The minimum atomic E-state index is -3.77. The number of nitriles is 1. The molecule has 158 valence electrons. The first-order valence-electron chi connectivity index (χ1n) is 9.25. The standard InChI is InChI=1S/C22H19N3O5S/c1-30-22(27)19-13-16-5-2-3-6-17(16)14-20(19)25-21(26)15-7-9-18(10-8-15)31(28,29)24-12-4-11-23/h2-3,5-10,13-14,24H,4,12H2,1H3,(H,25,26). The fourth-order valence-electron chi connectivity index (χ4n) is 2.93. The fraction of sp³-hybridized carbons (Fsp3) is 0.136. The molecule has 0 atom stereocenters. The summed E-state index contributed by atoms with van der Waals surface area (Å²) in [6.07, 6.45) is 0.0496. The van der Waals surface area contributed by atoms with E-state index in [-0.39, 0.29) is 34.7 Å². The van der Waals surface area contributed by atoms with Crippen molar-refractivity contribution in [1.29, 1.82) is 5.26 Å². The second-order valence-corrected chi connectivity index (χ2v) is 8.29. The van der Waals surface area contributed by atoms with E-state index >= 15 is 0 Å². The Morgan fingerprint density at radius 2 is 1.68 bits per heavy atom. The van der Waals surface area contributed by atoms with Gasteiger partial charge in [0.2, 0.25) is 10.0 Å². The van der Waals surface area contributed by atoms with Gasteiger partial charge in [0, 0.05) is 18.5 Å². The number of sulfonamides is 1. The molecule has 0 bridgehead atoms. The third kappa shape index (κ3) is 5.06. The van der Waals surface area contributed by atoms with Gasteiger partial charge in [-0.1, -0.05) is 24.3 Å². The molecule has 9 heteroatoms. The van der Waals surface area contributed by atoms with Crippen molar-refractivity contribution in [2.24, 2.45) is 0 Å². The van der Waals surface area contributed by atoms with E-state index in [1.807, 2.05) is 30.3 Å². The topological polar surface area (TPSA) is 125 Å². The van der Waals surface area contributed by atoms with Gasteiger partial charge in [0.05, 0.1) is 29.3 Å². The maximum Gasteiger partial charge on any atom is 0.339 e. The van der Waals surface area contributed by atoms with Gasteiger partial charge >= 0.3 is 5.97 Å². The average molecular weight is 437 g/mol. The zero-order valence-corrected chi connectivity index (χ0v) is 17.4. The number of methoxy groups -OCH3 is 1. The Morgan fingerprint density at radius 3 is 2.29 bits per heavy atom. The monoisotopic (exact) mass is 437 g/mol. The van der Waals surface area contributed by atoms with Gasteiger partial charge in [-0.05, 0) is 47.2 Å². The lowest BCUT2D eigenvalue weighted by Gasteiger charge is -2.12. The maximum atomic E-state index is 12.7. The molecule has 0 saturated carbocycles. The van der Waals surface area contributed by atoms with Crippen molar-refractivity contribution in [3.05, 3.63) is 71.8 Å². The molecule has 0 fully saturated rings. The van der Waals surface area contributed by atoms with Crippen molar-refractivity contribution in [2.75, 3.05) is 19.0 Å². The number of ether oxygens (including phenoxy) is 1. The van der Waals surface area contributed by atoms with Crippen molar-refractivity contribution < 1.29 is 22.7 Å². The van der Waals surface area contributed by atoms with Crippen LogP contribution in [0, 0.1) is 11.3 Å². The summed E-state index contributed by atoms with van der Waals surface area (Å²) >= 11 is 0. The van der Waals surface area contributed by atoms with Crippen LogP contribution >= 0.6 is 0 Å². The van der Waals surface area contributed by atoms with Crippen LogP contribution in [0.15, 0.2) is 65.6 Å². The van der Waals surface area contributed by atoms with E-state index in [2.05, 4.69) is 10.0 Å². The predicted molar refractivity (Wildman–Crippen MR) is 115 cm³/mol. The minimum Gasteiger partial charge on any atom is -0.465 e. The summed E-state index contributed by atoms with van der Waals surface area (Å²) in [6, 6.07) is 17.9. The molecule has 2 N–H and O–H groups in total. The number of nitrogens with one attached hydrogen (secondary N) is 2. The lowest BCUT2D eigenvalue weighted by molar-refractivity contribution is 0.0602. The van der Waals surface area contributed by atoms with Crippen LogP contribution in [0.5, 0.6) is 0 Å². The second kappa shape index (κ2) is 9.38. The first kappa shape index (κ1) is 22.0. The van der Waals surface area contributed by atoms with Crippen molar-refractivity contribution >= 4 is 38.4 Å². The quantitative estimate of drug-likeness (QED) is 0.432. The Hall–Kier alpha value is -3.74. The van der Waals surface area contributed by atoms with Crippen LogP contribution in [0.4, 0.5) is 5.69 Å². The highest BCUT2D eigenvalue weighted by Crippen LogP contribution is 2.25. The van der Waals surface area contributed by atoms with Crippen LogP contribution in [0.2, 0.25) is 0 Å². The molecule has 0 aliphatic rings. The third-order valence-electron chi connectivity index (χ3n) is 4.50. The Kier molecular flexibility index (Phi) is 6.65. The van der Waals surface area contributed by atoms with Gasteiger partial charge in [-0.3, -0.25) is 4.79 Å². The summed E-state index contributed by atoms with van der Waals surface area (Å²) < 4.78 is 31.5. The molecule has 0 radical (unpaired) electrons. The summed E-state index contributed by atoms with van der Waals surface area (Å²) in [7, 11) is -2.52. The van der Waals surface area contributed by atoms with Crippen molar-refractivity contribution in [1.82, 2.24) is 4.72 Å². The molecule has 0 saturated heterocycles. The van der Waals surface area contributed by atoms with Crippen molar-refractivity contribution in [3.8, 4) is 6.07 Å². The zero-order chi connectivity index (χ0) is 22.4. The number of carbonyl (C=O) groups excluding carboxylic acids is 2. The van der Waals surface area contributed by atoms with Gasteiger partial charge in [0.1, 0.15) is 0 Å². The molecule has 3 aromatic rings. The number of hydrogen-bond donors (Lipinski definition) is 2. The first-order valence-corrected chi connectivity index (χ1v) is 10.7. The summed E-state index contributed by atoms with van der Waals surface area (Å²) in [5.74, 6) is -1.10. The molecule has 0 unspecified atom stereocenters. The number of anilines is 1. The number of benzene rings is 3. The Balaban J connectivity index is 1.85. The van der Waals surface area contributed by atoms with Crippen LogP contribution in [0.25, 0.3) is 10.8 Å². The largest absolute Gasteiger partial charge is 0.465 e. The highest BCUT2D eigenvalue weighted by atomic mass is 32.2. The van der Waals surface area contributed by atoms with E-state index in [0.29, 0.717) is 0 Å². The number of rotatable bonds is 7. The summed E-state index contributed by atoms with van der Waals surface area (Å²) in [5, 5.41) is 12.9. The van der Waals surface area contributed by atoms with Gasteiger partial charge in [-0.15, -0.1) is 0 Å². The smallest absolute Gasteiger partial charge is 0.339 e. The van der Waals surface area contributed by atoms with Gasteiger partial charge in [-0.2, -0.15) is 5.26 Å². The first-order chi connectivity index (χ1) is 14.9. The van der Waals surface area contributed by atoms with Crippen molar-refractivity contribution in [2.45, 2.75) is 11.3 Å². The Bertz CT molecular complexity index is 1280. The van der Waals surface area contributed by atoms with E-state index in [4.69, 9.17) is 10.00 Å². The van der Waals surface area contributed by atoms with Crippen LogP contribution in [0.1, 0.15) is 27.1 Å². The minimum absolute atomic E-state index is 0.000655. The van der Waals surface area contributed by atoms with E-state index in [1.165, 1.54) is 31.4 Å². The molecule has 3 rings (SSSR count). The highest BCUT2D eigenvalue weighted by Gasteiger charge is 2.18. The second-order valence-electron chi connectivity index (χ2n) is 6.52. The van der Waals surface area contributed by atoms with Gasteiger partial charge < -0.3 is 10.1 Å². The Labute approximate surface area is 179 Å². The lowest BCUT2D eigenvalue weighted by Crippen LogP contribution is -2.24. The number of fused-ring (bicyclic) bond motifs is 1. The Morgan fingerprint density at radius 1 is 1.03 bits per heavy atom. The summed E-state index contributed by atoms with van der Waals surface area (Å²) in [4.78, 5) is 24.9. The fourth-order valence-corrected chi connectivity index (χ4v) is 3.96. The van der Waals surface area contributed by atoms with E-state index in [0.717, 1.165) is 10.8 Å². The lowest BCUT2D eigenvalue weighted by atomic mass is 10.0. The number of amides is 1. The number of hydrogen-bond acceptors (Lipinski definition) is 6. The van der Waals surface area contributed by atoms with E-state index < -0.39 is 21.9 Å². The van der Waals surface area contributed by atoms with Gasteiger partial charge in [0.25, 0.3) is 5.91 Å². The molecule has 8 nitrogen and oxygen atoms in total. The van der Waals surface area contributed by atoms with Crippen LogP contribution in [0.3, 0.4) is 0 Å². The third-order valence-corrected chi connectivity index (χ3v) is 5.97.